The molecule has 3 heterocycles. The third-order valence-electron chi connectivity index (χ3n) is 10.7. The molecule has 0 saturated heterocycles. The molecule has 0 saturated carbocycles. The number of hydrogen-bond donors (Lipinski definition) is 0. The number of nitrogens with zero attached hydrogens (tertiary/aromatic N) is 5. The molecule has 2 aliphatic rings. The van der Waals surface area contributed by atoms with Gasteiger partial charge >= 0.3 is 0 Å². The van der Waals surface area contributed by atoms with Crippen molar-refractivity contribution >= 4 is 87.0 Å². The van der Waals surface area contributed by atoms with Crippen LogP contribution in [0.4, 0.5) is 34.6 Å². The van der Waals surface area contributed by atoms with Crippen molar-refractivity contribution in [2.24, 2.45) is 0 Å². The first kappa shape index (κ1) is 31.3. The average Bonchev–Trinajstić information content (AvgIpc) is 3.34. The molecule has 0 radical (unpaired) electrons. The second-order valence-corrected chi connectivity index (χ2v) is 20.0. The highest BCUT2D eigenvalue weighted by molar-refractivity contribution is 8.00. The molecule has 5 nitrogen and oxygen atoms in total. The van der Waals surface area contributed by atoms with Gasteiger partial charge in [-0.2, -0.15) is 15.0 Å². The summed E-state index contributed by atoms with van der Waals surface area (Å²) < 4.78 is 39.5. The lowest BCUT2D eigenvalue weighted by molar-refractivity contribution is 0.965. The predicted octanol–water partition coefficient (Wildman–Crippen LogP) is 10.8. The zero-order valence-corrected chi connectivity index (χ0v) is 34.1. The maximum absolute atomic E-state index is 10.4. The molecule has 8 heteroatoms. The molecule has 0 bridgehead atoms. The molecule has 280 valence electrons. The highest BCUT2D eigenvalue weighted by Gasteiger charge is 2.41. The fourth-order valence-corrected chi connectivity index (χ4v) is 14.8. The zero-order chi connectivity index (χ0) is 42.7. The van der Waals surface area contributed by atoms with Crippen molar-refractivity contribution in [3.05, 3.63) is 212 Å². The zero-order valence-electron chi connectivity index (χ0n) is 35.5. The number of aromatic nitrogens is 3. The van der Waals surface area contributed by atoms with Crippen molar-refractivity contribution in [2.75, 3.05) is 9.80 Å². The number of hydrogen-bond acceptors (Lipinski definition) is 7. The Balaban J connectivity index is 1.25. The van der Waals surface area contributed by atoms with Crippen molar-refractivity contribution in [2.45, 2.75) is 19.6 Å². The number of para-hydroxylation sites is 4. The topological polar surface area (TPSA) is 45.2 Å². The summed E-state index contributed by atoms with van der Waals surface area (Å²) >= 11 is 3.35. The van der Waals surface area contributed by atoms with Crippen LogP contribution in [0.5, 0.6) is 0 Å². The summed E-state index contributed by atoms with van der Waals surface area (Å²) in [6.45, 7) is 0. The minimum Gasteiger partial charge on any atom is -0.277 e. The fourth-order valence-electron chi connectivity index (χ4n) is 8.15. The van der Waals surface area contributed by atoms with E-state index in [2.05, 4.69) is 60.7 Å². The van der Waals surface area contributed by atoms with Crippen LogP contribution in [0.3, 0.4) is 0 Å². The van der Waals surface area contributed by atoms with Crippen LogP contribution in [0.15, 0.2) is 232 Å². The van der Waals surface area contributed by atoms with Crippen LogP contribution in [0.1, 0.15) is 5.48 Å². The Hall–Kier alpha value is -6.71. The first-order valence-corrected chi connectivity index (χ1v) is 22.9. The van der Waals surface area contributed by atoms with E-state index >= 15 is 0 Å². The number of fused-ring (bicyclic) bond motifs is 4. The van der Waals surface area contributed by atoms with Crippen LogP contribution in [0.25, 0.3) is 11.4 Å². The van der Waals surface area contributed by atoms with E-state index in [-0.39, 0.29) is 35.6 Å². The molecule has 0 N–H and O–H groups in total. The van der Waals surface area contributed by atoms with E-state index in [0.717, 1.165) is 57.9 Å². The van der Waals surface area contributed by atoms with E-state index in [0.29, 0.717) is 17.1 Å². The standard InChI is InChI=1S/C51H35N5S2Si/c1-4-20-37(21-5-1)59(38-22-6-2-7-23-38,39-24-8-3-9-25-39)40-26-18-19-36(35-40)49-52-50(55-41-27-10-14-31-45(41)57-46-32-15-11-28-42(46)55)54-51(53-49)56-43-29-12-16-33-47(43)58-48-34-17-13-30-44(48)56/h1-35H/i18D,19D,26D,35D. The van der Waals surface area contributed by atoms with E-state index in [1.54, 1.807) is 23.5 Å². The molecular weight excluding hydrogens is 775 g/mol. The minimum atomic E-state index is -3.56. The third-order valence-corrected chi connectivity index (χ3v) is 17.6. The van der Waals surface area contributed by atoms with Gasteiger partial charge in [0.1, 0.15) is 0 Å². The van der Waals surface area contributed by atoms with Gasteiger partial charge in [0.05, 0.1) is 28.2 Å². The first-order valence-electron chi connectivity index (χ1n) is 21.3. The summed E-state index contributed by atoms with van der Waals surface area (Å²) in [7, 11) is -3.56. The van der Waals surface area contributed by atoms with Crippen molar-refractivity contribution < 1.29 is 5.48 Å². The Labute approximate surface area is 358 Å². The quantitative estimate of drug-likeness (QED) is 0.117. The molecule has 0 spiro atoms. The lowest BCUT2D eigenvalue weighted by atomic mass is 10.2. The minimum absolute atomic E-state index is 0.0580. The highest BCUT2D eigenvalue weighted by atomic mass is 32.2. The van der Waals surface area contributed by atoms with Crippen LogP contribution in [0.2, 0.25) is 0 Å². The van der Waals surface area contributed by atoms with Gasteiger partial charge in [-0.05, 0) is 69.3 Å². The van der Waals surface area contributed by atoms with Crippen molar-refractivity contribution in [1.29, 1.82) is 0 Å². The van der Waals surface area contributed by atoms with E-state index in [1.807, 2.05) is 137 Å². The van der Waals surface area contributed by atoms with Gasteiger partial charge in [0, 0.05) is 25.1 Å². The SMILES string of the molecule is [2H]c1c([2H])c(-c2nc(N3c4ccccc4Sc4ccccc43)nc(N3c4ccccc4Sc4ccccc43)n2)c([2H])c([Si](c2ccccc2)(c2ccccc2)c2ccccc2)c1[2H]. The first-order chi connectivity index (χ1) is 30.9. The van der Waals surface area contributed by atoms with Crippen LogP contribution in [-0.2, 0) is 0 Å². The molecule has 0 atom stereocenters. The van der Waals surface area contributed by atoms with E-state index in [9.17, 15) is 5.48 Å². The van der Waals surface area contributed by atoms with E-state index in [1.165, 1.54) is 0 Å². The Morgan fingerprint density at radius 3 is 1.14 bits per heavy atom. The summed E-state index contributed by atoms with van der Waals surface area (Å²) in [6.07, 6.45) is 0. The van der Waals surface area contributed by atoms with E-state index in [4.69, 9.17) is 15.0 Å². The van der Waals surface area contributed by atoms with Crippen molar-refractivity contribution in [1.82, 2.24) is 15.0 Å². The predicted molar refractivity (Wildman–Crippen MR) is 246 cm³/mol. The van der Waals surface area contributed by atoms with Crippen LogP contribution in [0, 0.1) is 0 Å². The summed E-state index contributed by atoms with van der Waals surface area (Å²) in [5, 5.41) is 3.23. The number of anilines is 6. The molecule has 2 aliphatic heterocycles. The lowest BCUT2D eigenvalue weighted by Gasteiger charge is -2.35. The van der Waals surface area contributed by atoms with Gasteiger partial charge < -0.3 is 0 Å². The fraction of sp³-hybridized carbons (Fsp3) is 0. The van der Waals surface area contributed by atoms with Gasteiger partial charge in [-0.15, -0.1) is 0 Å². The maximum atomic E-state index is 10.4. The van der Waals surface area contributed by atoms with Gasteiger partial charge in [-0.25, -0.2) is 0 Å². The molecule has 59 heavy (non-hydrogen) atoms. The molecule has 0 unspecified atom stereocenters. The van der Waals surface area contributed by atoms with Crippen molar-refractivity contribution in [3.8, 4) is 11.4 Å². The van der Waals surface area contributed by atoms with E-state index < -0.39 is 8.07 Å². The summed E-state index contributed by atoms with van der Waals surface area (Å²) in [4.78, 5) is 24.0. The molecule has 0 aliphatic carbocycles. The Bertz CT molecular complexity index is 2910. The monoisotopic (exact) mass is 813 g/mol. The van der Waals surface area contributed by atoms with Crippen LogP contribution < -0.4 is 30.5 Å². The van der Waals surface area contributed by atoms with Gasteiger partial charge in [0.2, 0.25) is 11.9 Å². The number of benzene rings is 8. The summed E-state index contributed by atoms with van der Waals surface area (Å²) in [6, 6.07) is 62.0. The molecular formula is C51H35N5S2Si. The highest BCUT2D eigenvalue weighted by Crippen LogP contribution is 2.53. The Kier molecular flexibility index (Phi) is 7.91. The lowest BCUT2D eigenvalue weighted by Crippen LogP contribution is -2.74. The molecule has 11 rings (SSSR count). The van der Waals surface area contributed by atoms with Crippen LogP contribution in [-0.4, -0.2) is 23.0 Å². The molecule has 1 aromatic heterocycles. The van der Waals surface area contributed by atoms with Crippen LogP contribution >= 0.6 is 23.5 Å². The summed E-state index contributed by atoms with van der Waals surface area (Å²) in [5.41, 5.74) is 3.58. The number of rotatable bonds is 7. The van der Waals surface area contributed by atoms with Gasteiger partial charge in [0.25, 0.3) is 0 Å². The second-order valence-electron chi connectivity index (χ2n) is 14.1. The normalized spacial score (nSPS) is 13.8. The molecule has 8 aromatic carbocycles. The molecule has 0 amide bonds. The Morgan fingerprint density at radius 2 is 0.746 bits per heavy atom. The van der Waals surface area contributed by atoms with Gasteiger partial charge in [-0.3, -0.25) is 9.80 Å². The van der Waals surface area contributed by atoms with Crippen molar-refractivity contribution in [3.63, 3.8) is 0 Å². The molecule has 0 fully saturated rings. The smallest absolute Gasteiger partial charge is 0.240 e. The maximum Gasteiger partial charge on any atom is 0.240 e. The average molecular weight is 814 g/mol. The van der Waals surface area contributed by atoms with Gasteiger partial charge in [0.15, 0.2) is 13.9 Å². The Morgan fingerprint density at radius 1 is 0.390 bits per heavy atom. The largest absolute Gasteiger partial charge is 0.277 e. The summed E-state index contributed by atoms with van der Waals surface area (Å²) in [5.74, 6) is 0.657. The third kappa shape index (κ3) is 6.07. The second kappa shape index (κ2) is 14.9. The van der Waals surface area contributed by atoms with Gasteiger partial charge in [-0.1, -0.05) is 187 Å². The molecule has 9 aromatic rings.